The maximum atomic E-state index is 13.3. The number of hydrogen-bond donors (Lipinski definition) is 3. The molecule has 2 aromatic carbocycles. The molecule has 1 amide bonds. The molecule has 0 aliphatic rings. The van der Waals surface area contributed by atoms with Gasteiger partial charge < -0.3 is 20.4 Å². The molecule has 2 aromatic heterocycles. The summed E-state index contributed by atoms with van der Waals surface area (Å²) < 4.78 is 19.1. The minimum atomic E-state index is -0.328. The molecule has 0 spiro atoms. The highest BCUT2D eigenvalue weighted by Gasteiger charge is 2.09. The SMILES string of the molecule is CNC(=O)c1cc(Oc2ccc3nc(Nc4cccc(F)c4)[nH]c3c2)ccn1. The average molecular weight is 377 g/mol. The van der Waals surface area contributed by atoms with Gasteiger partial charge in [0.2, 0.25) is 5.95 Å². The van der Waals surface area contributed by atoms with Gasteiger partial charge in [0.25, 0.3) is 5.91 Å². The van der Waals surface area contributed by atoms with E-state index in [1.165, 1.54) is 18.3 Å². The van der Waals surface area contributed by atoms with E-state index in [1.54, 1.807) is 49.5 Å². The standard InChI is InChI=1S/C20H16FN5O2/c1-22-19(27)18-11-15(7-8-23-18)28-14-5-6-16-17(10-14)26-20(25-16)24-13-4-2-3-12(21)9-13/h2-11H,1H3,(H,22,27)(H2,24,25,26). The van der Waals surface area contributed by atoms with Crippen LogP contribution in [0.4, 0.5) is 16.0 Å². The van der Waals surface area contributed by atoms with Gasteiger partial charge in [-0.05, 0) is 36.4 Å². The van der Waals surface area contributed by atoms with Crippen molar-refractivity contribution in [2.24, 2.45) is 0 Å². The van der Waals surface area contributed by atoms with Crippen molar-refractivity contribution in [2.75, 3.05) is 12.4 Å². The van der Waals surface area contributed by atoms with Gasteiger partial charge in [-0.25, -0.2) is 9.37 Å². The summed E-state index contributed by atoms with van der Waals surface area (Å²) in [6.07, 6.45) is 1.51. The molecule has 4 rings (SSSR count). The summed E-state index contributed by atoms with van der Waals surface area (Å²) in [7, 11) is 1.54. The third-order valence-corrected chi connectivity index (χ3v) is 3.97. The fraction of sp³-hybridized carbons (Fsp3) is 0.0500. The number of hydrogen-bond acceptors (Lipinski definition) is 5. The van der Waals surface area contributed by atoms with Gasteiger partial charge in [0.05, 0.1) is 11.0 Å². The molecule has 8 heteroatoms. The second kappa shape index (κ2) is 7.36. The second-order valence-corrected chi connectivity index (χ2v) is 5.96. The van der Waals surface area contributed by atoms with Crippen LogP contribution in [0.5, 0.6) is 11.5 Å². The van der Waals surface area contributed by atoms with E-state index in [2.05, 4.69) is 25.6 Å². The maximum Gasteiger partial charge on any atom is 0.269 e. The highest BCUT2D eigenvalue weighted by atomic mass is 19.1. The van der Waals surface area contributed by atoms with Gasteiger partial charge in [-0.2, -0.15) is 0 Å². The number of aromatic amines is 1. The van der Waals surface area contributed by atoms with Crippen molar-refractivity contribution in [2.45, 2.75) is 0 Å². The third kappa shape index (κ3) is 3.75. The van der Waals surface area contributed by atoms with E-state index in [4.69, 9.17) is 4.74 Å². The van der Waals surface area contributed by atoms with Gasteiger partial charge in [-0.15, -0.1) is 0 Å². The molecule has 0 atom stereocenters. The van der Waals surface area contributed by atoms with E-state index >= 15 is 0 Å². The van der Waals surface area contributed by atoms with E-state index in [0.29, 0.717) is 23.1 Å². The first-order chi connectivity index (χ1) is 13.6. The summed E-state index contributed by atoms with van der Waals surface area (Å²) in [5, 5.41) is 5.55. The Kier molecular flexibility index (Phi) is 4.59. The minimum Gasteiger partial charge on any atom is -0.457 e. The van der Waals surface area contributed by atoms with E-state index in [0.717, 1.165) is 11.0 Å². The Morgan fingerprint density at radius 2 is 1.96 bits per heavy atom. The van der Waals surface area contributed by atoms with Gasteiger partial charge in [0.15, 0.2) is 0 Å². The number of fused-ring (bicyclic) bond motifs is 1. The number of ether oxygens (including phenoxy) is 1. The monoisotopic (exact) mass is 377 g/mol. The van der Waals surface area contributed by atoms with Crippen LogP contribution in [0.2, 0.25) is 0 Å². The molecule has 3 N–H and O–H groups in total. The molecule has 0 aliphatic heterocycles. The molecule has 140 valence electrons. The van der Waals surface area contributed by atoms with Gasteiger partial charge in [-0.3, -0.25) is 9.78 Å². The number of H-pyrrole nitrogens is 1. The number of nitrogens with one attached hydrogen (secondary N) is 3. The smallest absolute Gasteiger partial charge is 0.269 e. The van der Waals surface area contributed by atoms with Crippen molar-refractivity contribution in [3.63, 3.8) is 0 Å². The van der Waals surface area contributed by atoms with Crippen LogP contribution in [0, 0.1) is 5.82 Å². The van der Waals surface area contributed by atoms with Gasteiger partial charge in [-0.1, -0.05) is 6.07 Å². The molecule has 0 saturated heterocycles. The number of carbonyl (C=O) groups is 1. The zero-order chi connectivity index (χ0) is 19.5. The molecule has 7 nitrogen and oxygen atoms in total. The van der Waals surface area contributed by atoms with Crippen LogP contribution in [0.1, 0.15) is 10.5 Å². The molecular formula is C20H16FN5O2. The molecule has 28 heavy (non-hydrogen) atoms. The van der Waals surface area contributed by atoms with E-state index < -0.39 is 0 Å². The lowest BCUT2D eigenvalue weighted by Crippen LogP contribution is -2.18. The highest BCUT2D eigenvalue weighted by Crippen LogP contribution is 2.26. The largest absolute Gasteiger partial charge is 0.457 e. The number of aromatic nitrogens is 3. The van der Waals surface area contributed by atoms with E-state index in [1.807, 2.05) is 0 Å². The molecule has 2 heterocycles. The van der Waals surface area contributed by atoms with Crippen LogP contribution in [0.25, 0.3) is 11.0 Å². The first kappa shape index (κ1) is 17.5. The van der Waals surface area contributed by atoms with E-state index in [-0.39, 0.29) is 17.4 Å². The van der Waals surface area contributed by atoms with Crippen LogP contribution in [-0.4, -0.2) is 27.9 Å². The highest BCUT2D eigenvalue weighted by molar-refractivity contribution is 5.92. The fourth-order valence-electron chi connectivity index (χ4n) is 2.68. The van der Waals surface area contributed by atoms with Crippen molar-refractivity contribution >= 4 is 28.6 Å². The lowest BCUT2D eigenvalue weighted by molar-refractivity contribution is 0.0958. The molecule has 0 unspecified atom stereocenters. The predicted molar refractivity (Wildman–Crippen MR) is 103 cm³/mol. The van der Waals surface area contributed by atoms with Crippen LogP contribution in [0.3, 0.4) is 0 Å². The first-order valence-corrected chi connectivity index (χ1v) is 8.49. The van der Waals surface area contributed by atoms with Crippen molar-refractivity contribution < 1.29 is 13.9 Å². The second-order valence-electron chi connectivity index (χ2n) is 5.96. The Morgan fingerprint density at radius 3 is 2.79 bits per heavy atom. The Hall–Kier alpha value is -3.94. The predicted octanol–water partition coefficient (Wildman–Crippen LogP) is 3.99. The van der Waals surface area contributed by atoms with Crippen LogP contribution < -0.4 is 15.4 Å². The molecule has 0 aliphatic carbocycles. The Labute approximate surface area is 159 Å². The normalized spacial score (nSPS) is 10.6. The Morgan fingerprint density at radius 1 is 1.11 bits per heavy atom. The average Bonchev–Trinajstić information content (AvgIpc) is 3.09. The summed E-state index contributed by atoms with van der Waals surface area (Å²) in [4.78, 5) is 23.3. The number of amides is 1. The number of nitrogens with zero attached hydrogens (tertiary/aromatic N) is 2. The summed E-state index contributed by atoms with van der Waals surface area (Å²) in [5.74, 6) is 0.935. The third-order valence-electron chi connectivity index (χ3n) is 3.97. The minimum absolute atomic E-state index is 0.268. The van der Waals surface area contributed by atoms with Gasteiger partial charge >= 0.3 is 0 Å². The first-order valence-electron chi connectivity index (χ1n) is 8.49. The number of imidazole rings is 1. The van der Waals surface area contributed by atoms with Crippen LogP contribution in [0.15, 0.2) is 60.8 Å². The summed E-state index contributed by atoms with van der Waals surface area (Å²) >= 11 is 0. The zero-order valence-electron chi connectivity index (χ0n) is 14.9. The van der Waals surface area contributed by atoms with Crippen LogP contribution >= 0.6 is 0 Å². The molecule has 0 fully saturated rings. The summed E-state index contributed by atoms with van der Waals surface area (Å²) in [6.45, 7) is 0. The molecule has 4 aromatic rings. The number of benzene rings is 2. The number of rotatable bonds is 5. The van der Waals surface area contributed by atoms with Crippen LogP contribution in [-0.2, 0) is 0 Å². The van der Waals surface area contributed by atoms with Crippen molar-refractivity contribution in [3.8, 4) is 11.5 Å². The number of pyridine rings is 1. The van der Waals surface area contributed by atoms with E-state index in [9.17, 15) is 9.18 Å². The fourth-order valence-corrected chi connectivity index (χ4v) is 2.68. The molecule has 0 radical (unpaired) electrons. The van der Waals surface area contributed by atoms with Gasteiger partial charge in [0.1, 0.15) is 23.0 Å². The molecule has 0 bridgehead atoms. The Balaban J connectivity index is 1.56. The Bertz CT molecular complexity index is 1160. The lowest BCUT2D eigenvalue weighted by atomic mass is 10.3. The maximum absolute atomic E-state index is 13.3. The summed E-state index contributed by atoms with van der Waals surface area (Å²) in [6, 6.07) is 14.7. The van der Waals surface area contributed by atoms with Crippen molar-refractivity contribution in [3.05, 3.63) is 72.3 Å². The quantitative estimate of drug-likeness (QED) is 0.489. The van der Waals surface area contributed by atoms with Crippen molar-refractivity contribution in [1.82, 2.24) is 20.3 Å². The van der Waals surface area contributed by atoms with Gasteiger partial charge in [0, 0.05) is 31.1 Å². The topological polar surface area (TPSA) is 91.9 Å². The molecular weight excluding hydrogens is 361 g/mol. The summed E-state index contributed by atoms with van der Waals surface area (Å²) in [5.41, 5.74) is 2.34. The lowest BCUT2D eigenvalue weighted by Gasteiger charge is -2.06. The number of carbonyl (C=O) groups excluding carboxylic acids is 1. The van der Waals surface area contributed by atoms with Crippen molar-refractivity contribution in [1.29, 1.82) is 0 Å². The number of halogens is 1. The molecule has 0 saturated carbocycles. The zero-order valence-corrected chi connectivity index (χ0v) is 14.9. The number of anilines is 2.